The van der Waals surface area contributed by atoms with Crippen LogP contribution in [0.25, 0.3) is 10.2 Å². The van der Waals surface area contributed by atoms with Crippen molar-refractivity contribution in [2.24, 2.45) is 5.92 Å². The molecular weight excluding hydrogens is 304 g/mol. The maximum Gasteiger partial charge on any atom is 0.308 e. The number of benzene rings is 1. The fraction of sp³-hybridized carbons (Fsp3) is 0.632. The van der Waals surface area contributed by atoms with E-state index in [1.165, 1.54) is 56.5 Å². The number of likely N-dealkylation sites (tertiary alicyclic amines) is 1. The molecule has 0 aliphatic carbocycles. The van der Waals surface area contributed by atoms with Crippen molar-refractivity contribution < 1.29 is 0 Å². The van der Waals surface area contributed by atoms with Crippen LogP contribution in [0.2, 0.25) is 0 Å². The maximum absolute atomic E-state index is 12.1. The van der Waals surface area contributed by atoms with Crippen molar-refractivity contribution in [3.8, 4) is 0 Å². The lowest BCUT2D eigenvalue weighted by atomic mass is 9.91. The first-order valence-corrected chi connectivity index (χ1v) is 9.90. The van der Waals surface area contributed by atoms with Crippen LogP contribution in [0.5, 0.6) is 0 Å². The Kier molecular flexibility index (Phi) is 5.90. The van der Waals surface area contributed by atoms with Crippen molar-refractivity contribution in [2.45, 2.75) is 52.0 Å². The first kappa shape index (κ1) is 16.7. The first-order valence-electron chi connectivity index (χ1n) is 9.08. The highest BCUT2D eigenvalue weighted by Crippen LogP contribution is 2.23. The standard InChI is InChI=1S/C19H28N2OS/c1-2-3-7-16-10-14-20(15-11-16)12-6-13-21-17-8-4-5-9-18(17)23-19(21)22/h4-5,8-9,16H,2-3,6-7,10-15H2,1H3. The van der Waals surface area contributed by atoms with Crippen molar-refractivity contribution in [3.63, 3.8) is 0 Å². The summed E-state index contributed by atoms with van der Waals surface area (Å²) in [6, 6.07) is 8.13. The fourth-order valence-corrected chi connectivity index (χ4v) is 4.59. The zero-order valence-electron chi connectivity index (χ0n) is 14.2. The number of para-hydroxylation sites is 1. The maximum atomic E-state index is 12.1. The Morgan fingerprint density at radius 1 is 1.13 bits per heavy atom. The highest BCUT2D eigenvalue weighted by molar-refractivity contribution is 7.16. The zero-order chi connectivity index (χ0) is 16.1. The highest BCUT2D eigenvalue weighted by Gasteiger charge is 2.18. The molecule has 0 atom stereocenters. The van der Waals surface area contributed by atoms with Crippen LogP contribution in [0.3, 0.4) is 0 Å². The molecule has 3 rings (SSSR count). The van der Waals surface area contributed by atoms with Crippen LogP contribution >= 0.6 is 11.3 Å². The summed E-state index contributed by atoms with van der Waals surface area (Å²) >= 11 is 1.37. The van der Waals surface area contributed by atoms with E-state index in [4.69, 9.17) is 0 Å². The molecule has 1 fully saturated rings. The third-order valence-electron chi connectivity index (χ3n) is 5.10. The summed E-state index contributed by atoms with van der Waals surface area (Å²) in [6.45, 7) is 6.74. The molecule has 0 saturated carbocycles. The molecule has 0 spiro atoms. The van der Waals surface area contributed by atoms with E-state index < -0.39 is 0 Å². The number of hydrogen-bond donors (Lipinski definition) is 0. The van der Waals surface area contributed by atoms with E-state index >= 15 is 0 Å². The third kappa shape index (κ3) is 4.24. The summed E-state index contributed by atoms with van der Waals surface area (Å²) in [4.78, 5) is 14.9. The van der Waals surface area contributed by atoms with Crippen LogP contribution < -0.4 is 4.87 Å². The minimum absolute atomic E-state index is 0.185. The van der Waals surface area contributed by atoms with Gasteiger partial charge in [0.25, 0.3) is 0 Å². The summed E-state index contributed by atoms with van der Waals surface area (Å²) in [5, 5.41) is 0. The van der Waals surface area contributed by atoms with Crippen LogP contribution in [-0.4, -0.2) is 29.1 Å². The molecule has 1 aliphatic rings. The molecule has 126 valence electrons. The minimum Gasteiger partial charge on any atom is -0.303 e. The monoisotopic (exact) mass is 332 g/mol. The lowest BCUT2D eigenvalue weighted by molar-refractivity contribution is 0.174. The van der Waals surface area contributed by atoms with E-state index in [0.29, 0.717) is 0 Å². The van der Waals surface area contributed by atoms with Crippen molar-refractivity contribution in [1.29, 1.82) is 0 Å². The molecule has 3 nitrogen and oxygen atoms in total. The molecule has 1 aliphatic heterocycles. The second-order valence-corrected chi connectivity index (χ2v) is 7.76. The van der Waals surface area contributed by atoms with Crippen LogP contribution in [-0.2, 0) is 6.54 Å². The Balaban J connectivity index is 1.47. The summed E-state index contributed by atoms with van der Waals surface area (Å²) in [5.74, 6) is 0.953. The predicted molar refractivity (Wildman–Crippen MR) is 99.4 cm³/mol. The fourth-order valence-electron chi connectivity index (χ4n) is 3.67. The Labute approximate surface area is 142 Å². The molecular formula is C19H28N2OS. The van der Waals surface area contributed by atoms with E-state index in [9.17, 15) is 4.79 Å². The van der Waals surface area contributed by atoms with Crippen molar-refractivity contribution in [1.82, 2.24) is 9.47 Å². The Morgan fingerprint density at radius 2 is 1.91 bits per heavy atom. The number of rotatable bonds is 7. The molecule has 0 amide bonds. The number of thiazole rings is 1. The van der Waals surface area contributed by atoms with E-state index in [1.54, 1.807) is 0 Å². The van der Waals surface area contributed by atoms with Gasteiger partial charge < -0.3 is 4.90 Å². The molecule has 1 aromatic heterocycles. The van der Waals surface area contributed by atoms with Gasteiger partial charge in [-0.05, 0) is 56.9 Å². The summed E-state index contributed by atoms with van der Waals surface area (Å²) < 4.78 is 3.06. The van der Waals surface area contributed by atoms with Crippen molar-refractivity contribution >= 4 is 21.6 Å². The number of unbranched alkanes of at least 4 members (excludes halogenated alkanes) is 1. The average molecular weight is 333 g/mol. The molecule has 0 unspecified atom stereocenters. The van der Waals surface area contributed by atoms with Gasteiger partial charge in [-0.3, -0.25) is 9.36 Å². The van der Waals surface area contributed by atoms with Crippen molar-refractivity contribution in [3.05, 3.63) is 33.9 Å². The molecule has 0 bridgehead atoms. The number of piperidine rings is 1. The van der Waals surface area contributed by atoms with E-state index in [0.717, 1.165) is 35.6 Å². The third-order valence-corrected chi connectivity index (χ3v) is 6.06. The van der Waals surface area contributed by atoms with Gasteiger partial charge in [-0.15, -0.1) is 0 Å². The van der Waals surface area contributed by atoms with Crippen LogP contribution in [0, 0.1) is 5.92 Å². The Hall–Kier alpha value is -1.13. The molecule has 2 heterocycles. The quantitative estimate of drug-likeness (QED) is 0.753. The van der Waals surface area contributed by atoms with E-state index in [2.05, 4.69) is 17.9 Å². The topological polar surface area (TPSA) is 25.2 Å². The number of aryl methyl sites for hydroxylation is 1. The smallest absolute Gasteiger partial charge is 0.303 e. The Morgan fingerprint density at radius 3 is 2.70 bits per heavy atom. The lowest BCUT2D eigenvalue weighted by Crippen LogP contribution is -2.35. The number of hydrogen-bond acceptors (Lipinski definition) is 3. The summed E-state index contributed by atoms with van der Waals surface area (Å²) in [5.41, 5.74) is 1.10. The van der Waals surface area contributed by atoms with Crippen LogP contribution in [0.1, 0.15) is 45.4 Å². The molecule has 0 radical (unpaired) electrons. The van der Waals surface area contributed by atoms with Gasteiger partial charge in [0.2, 0.25) is 0 Å². The molecule has 23 heavy (non-hydrogen) atoms. The second kappa shape index (κ2) is 8.11. The predicted octanol–water partition coefficient (Wildman–Crippen LogP) is 4.36. The minimum atomic E-state index is 0.185. The lowest BCUT2D eigenvalue weighted by Gasteiger charge is -2.32. The number of aromatic nitrogens is 1. The van der Waals surface area contributed by atoms with E-state index in [1.807, 2.05) is 22.8 Å². The summed E-state index contributed by atoms with van der Waals surface area (Å²) in [7, 11) is 0. The van der Waals surface area contributed by atoms with Gasteiger partial charge in [-0.2, -0.15) is 0 Å². The SMILES string of the molecule is CCCCC1CCN(CCCn2c(=O)sc3ccccc32)CC1. The molecule has 4 heteroatoms. The Bertz CT molecular complexity index is 667. The number of fused-ring (bicyclic) bond motifs is 1. The highest BCUT2D eigenvalue weighted by atomic mass is 32.1. The van der Waals surface area contributed by atoms with Gasteiger partial charge in [0.05, 0.1) is 10.2 Å². The summed E-state index contributed by atoms with van der Waals surface area (Å²) in [6.07, 6.45) is 7.92. The normalized spacial score (nSPS) is 17.1. The van der Waals surface area contributed by atoms with Gasteiger partial charge in [0.1, 0.15) is 0 Å². The van der Waals surface area contributed by atoms with Gasteiger partial charge in [-0.1, -0.05) is 49.7 Å². The van der Waals surface area contributed by atoms with E-state index in [-0.39, 0.29) is 4.87 Å². The van der Waals surface area contributed by atoms with Crippen LogP contribution in [0.4, 0.5) is 0 Å². The van der Waals surface area contributed by atoms with Gasteiger partial charge in [0.15, 0.2) is 0 Å². The first-order chi connectivity index (χ1) is 11.3. The van der Waals surface area contributed by atoms with Crippen molar-refractivity contribution in [2.75, 3.05) is 19.6 Å². The molecule has 0 N–H and O–H groups in total. The van der Waals surface area contributed by atoms with Gasteiger partial charge >= 0.3 is 4.87 Å². The molecule has 1 saturated heterocycles. The average Bonchev–Trinajstić information content (AvgIpc) is 2.90. The number of nitrogens with zero attached hydrogens (tertiary/aromatic N) is 2. The van der Waals surface area contributed by atoms with Gasteiger partial charge in [-0.25, -0.2) is 0 Å². The van der Waals surface area contributed by atoms with Gasteiger partial charge in [0, 0.05) is 6.54 Å². The molecule has 2 aromatic rings. The second-order valence-electron chi connectivity index (χ2n) is 6.77. The molecule has 1 aromatic carbocycles. The van der Waals surface area contributed by atoms with Crippen LogP contribution in [0.15, 0.2) is 29.1 Å². The largest absolute Gasteiger partial charge is 0.308 e. The zero-order valence-corrected chi connectivity index (χ0v) is 15.0.